The van der Waals surface area contributed by atoms with E-state index in [1.165, 1.54) is 0 Å². The highest BCUT2D eigenvalue weighted by molar-refractivity contribution is 4.89. The van der Waals surface area contributed by atoms with Crippen LogP contribution in [-0.4, -0.2) is 21.9 Å². The fraction of sp³-hybridized carbons (Fsp3) is 0.750. The van der Waals surface area contributed by atoms with Gasteiger partial charge in [0, 0.05) is 6.61 Å². The largest absolute Gasteiger partial charge is 0.388 e. The van der Waals surface area contributed by atoms with Crippen molar-refractivity contribution in [1.29, 1.82) is 0 Å². The van der Waals surface area contributed by atoms with Crippen LogP contribution in [0.4, 0.5) is 0 Å². The lowest BCUT2D eigenvalue weighted by Crippen LogP contribution is -2.11. The van der Waals surface area contributed by atoms with Gasteiger partial charge < -0.3 is 14.4 Å². The maximum Gasteiger partial charge on any atom is 0.255 e. The average molecular weight is 184 g/mol. The van der Waals surface area contributed by atoms with Crippen LogP contribution in [-0.2, 0) is 11.3 Å². The van der Waals surface area contributed by atoms with Crippen molar-refractivity contribution < 1.29 is 14.4 Å². The van der Waals surface area contributed by atoms with Gasteiger partial charge in [0.15, 0.2) is 5.82 Å². The van der Waals surface area contributed by atoms with Crippen molar-refractivity contribution in [1.82, 2.24) is 10.1 Å². The molecule has 1 unspecified atom stereocenters. The Morgan fingerprint density at radius 1 is 1.46 bits per heavy atom. The van der Waals surface area contributed by atoms with Gasteiger partial charge in [-0.25, -0.2) is 0 Å². The van der Waals surface area contributed by atoms with Gasteiger partial charge in [-0.1, -0.05) is 5.16 Å². The van der Waals surface area contributed by atoms with E-state index in [1.54, 1.807) is 0 Å². The second-order valence-electron chi connectivity index (χ2n) is 3.06. The first-order chi connectivity index (χ1) is 6.40. The second kappa shape index (κ2) is 3.85. The monoisotopic (exact) mass is 184 g/mol. The molecule has 0 aliphatic carbocycles. The number of rotatable bonds is 2. The Kier molecular flexibility index (Phi) is 2.56. The third-order valence-corrected chi connectivity index (χ3v) is 2.08. The Morgan fingerprint density at radius 3 is 3.00 bits per heavy atom. The first-order valence-electron chi connectivity index (χ1n) is 4.45. The molecule has 1 aliphatic rings. The Bertz CT molecular complexity index is 268. The molecule has 1 aromatic rings. The zero-order chi connectivity index (χ0) is 9.10. The summed E-state index contributed by atoms with van der Waals surface area (Å²) < 4.78 is 10.4. The third kappa shape index (κ3) is 1.87. The van der Waals surface area contributed by atoms with E-state index in [0.29, 0.717) is 11.7 Å². The summed E-state index contributed by atoms with van der Waals surface area (Å²) in [6.07, 6.45) is 3.08. The average Bonchev–Trinajstić information content (AvgIpc) is 2.67. The summed E-state index contributed by atoms with van der Waals surface area (Å²) in [4.78, 5) is 4.00. The molecule has 0 saturated carbocycles. The number of aliphatic hydroxyl groups is 1. The Hall–Kier alpha value is -0.940. The molecule has 5 heteroatoms. The molecule has 1 saturated heterocycles. The molecule has 0 radical (unpaired) electrons. The SMILES string of the molecule is OCc1noc(C2CCCCO2)n1. The minimum atomic E-state index is -0.184. The van der Waals surface area contributed by atoms with E-state index >= 15 is 0 Å². The van der Waals surface area contributed by atoms with Crippen LogP contribution in [0, 0.1) is 0 Å². The summed E-state index contributed by atoms with van der Waals surface area (Å²) in [5, 5.41) is 12.3. The Morgan fingerprint density at radius 2 is 2.38 bits per heavy atom. The van der Waals surface area contributed by atoms with Gasteiger partial charge in [0.25, 0.3) is 5.89 Å². The summed E-state index contributed by atoms with van der Waals surface area (Å²) in [7, 11) is 0. The number of aliphatic hydroxyl groups excluding tert-OH is 1. The van der Waals surface area contributed by atoms with E-state index in [0.717, 1.165) is 25.9 Å². The van der Waals surface area contributed by atoms with Gasteiger partial charge in [0.2, 0.25) is 0 Å². The predicted molar refractivity (Wildman–Crippen MR) is 42.8 cm³/mol. The molecule has 72 valence electrons. The minimum absolute atomic E-state index is 0.0680. The van der Waals surface area contributed by atoms with E-state index in [4.69, 9.17) is 14.4 Å². The lowest BCUT2D eigenvalue weighted by Gasteiger charge is -2.18. The van der Waals surface area contributed by atoms with Gasteiger partial charge in [-0.15, -0.1) is 0 Å². The second-order valence-corrected chi connectivity index (χ2v) is 3.06. The highest BCUT2D eigenvalue weighted by atomic mass is 16.5. The smallest absolute Gasteiger partial charge is 0.255 e. The van der Waals surface area contributed by atoms with Crippen LogP contribution < -0.4 is 0 Å². The summed E-state index contributed by atoms with van der Waals surface area (Å²) >= 11 is 0. The van der Waals surface area contributed by atoms with Gasteiger partial charge >= 0.3 is 0 Å². The van der Waals surface area contributed by atoms with Gasteiger partial charge in [-0.3, -0.25) is 0 Å². The number of ether oxygens (including phenoxy) is 1. The summed E-state index contributed by atoms with van der Waals surface area (Å²) in [5.41, 5.74) is 0. The van der Waals surface area contributed by atoms with Crippen molar-refractivity contribution in [2.45, 2.75) is 32.0 Å². The highest BCUT2D eigenvalue weighted by Crippen LogP contribution is 2.26. The van der Waals surface area contributed by atoms with E-state index < -0.39 is 0 Å². The normalized spacial score (nSPS) is 23.3. The molecule has 1 aromatic heterocycles. The standard InChI is InChI=1S/C8H12N2O3/c11-5-7-9-8(13-10-7)6-3-1-2-4-12-6/h6,11H,1-5H2. The van der Waals surface area contributed by atoms with Gasteiger partial charge in [-0.2, -0.15) is 4.98 Å². The van der Waals surface area contributed by atoms with E-state index in [1.807, 2.05) is 0 Å². The maximum absolute atomic E-state index is 8.72. The molecular formula is C8H12N2O3. The molecule has 2 rings (SSSR count). The van der Waals surface area contributed by atoms with Crippen LogP contribution >= 0.6 is 0 Å². The maximum atomic E-state index is 8.72. The first-order valence-corrected chi connectivity index (χ1v) is 4.45. The lowest BCUT2D eigenvalue weighted by molar-refractivity contribution is -0.00459. The molecule has 0 aromatic carbocycles. The molecule has 0 spiro atoms. The quantitative estimate of drug-likeness (QED) is 0.736. The molecular weight excluding hydrogens is 172 g/mol. The topological polar surface area (TPSA) is 68.4 Å². The molecule has 5 nitrogen and oxygen atoms in total. The predicted octanol–water partition coefficient (Wildman–Crippen LogP) is 0.804. The number of hydrogen-bond donors (Lipinski definition) is 1. The van der Waals surface area contributed by atoms with Gasteiger partial charge in [-0.05, 0) is 19.3 Å². The van der Waals surface area contributed by atoms with Crippen molar-refractivity contribution in [3.63, 3.8) is 0 Å². The molecule has 1 fully saturated rings. The van der Waals surface area contributed by atoms with Crippen molar-refractivity contribution in [2.75, 3.05) is 6.61 Å². The van der Waals surface area contributed by atoms with E-state index in [-0.39, 0.29) is 12.7 Å². The molecule has 0 bridgehead atoms. The van der Waals surface area contributed by atoms with Crippen molar-refractivity contribution in [2.24, 2.45) is 0 Å². The van der Waals surface area contributed by atoms with E-state index in [9.17, 15) is 0 Å². The zero-order valence-corrected chi connectivity index (χ0v) is 7.27. The molecule has 2 heterocycles. The van der Waals surface area contributed by atoms with Gasteiger partial charge in [0.1, 0.15) is 12.7 Å². The first kappa shape index (κ1) is 8.65. The Labute approximate surface area is 75.7 Å². The Balaban J connectivity index is 2.05. The van der Waals surface area contributed by atoms with Crippen molar-refractivity contribution in [3.8, 4) is 0 Å². The minimum Gasteiger partial charge on any atom is -0.388 e. The molecule has 1 atom stereocenters. The summed E-state index contributed by atoms with van der Waals surface area (Å²) in [6.45, 7) is 0.567. The third-order valence-electron chi connectivity index (χ3n) is 2.08. The van der Waals surface area contributed by atoms with Crippen LogP contribution in [0.5, 0.6) is 0 Å². The van der Waals surface area contributed by atoms with Gasteiger partial charge in [0.05, 0.1) is 0 Å². The van der Waals surface area contributed by atoms with Crippen molar-refractivity contribution >= 4 is 0 Å². The van der Waals surface area contributed by atoms with Crippen LogP contribution in [0.1, 0.15) is 37.1 Å². The molecule has 13 heavy (non-hydrogen) atoms. The number of nitrogens with zero attached hydrogens (tertiary/aromatic N) is 2. The number of aromatic nitrogens is 2. The summed E-state index contributed by atoms with van der Waals surface area (Å²) in [6, 6.07) is 0. The molecule has 1 aliphatic heterocycles. The highest BCUT2D eigenvalue weighted by Gasteiger charge is 2.21. The number of hydrogen-bond acceptors (Lipinski definition) is 5. The van der Waals surface area contributed by atoms with Crippen LogP contribution in [0.15, 0.2) is 4.52 Å². The van der Waals surface area contributed by atoms with Crippen LogP contribution in [0.3, 0.4) is 0 Å². The fourth-order valence-corrected chi connectivity index (χ4v) is 1.40. The van der Waals surface area contributed by atoms with Crippen LogP contribution in [0.25, 0.3) is 0 Å². The van der Waals surface area contributed by atoms with E-state index in [2.05, 4.69) is 10.1 Å². The zero-order valence-electron chi connectivity index (χ0n) is 7.27. The van der Waals surface area contributed by atoms with Crippen LogP contribution in [0.2, 0.25) is 0 Å². The van der Waals surface area contributed by atoms with Crippen molar-refractivity contribution in [3.05, 3.63) is 11.7 Å². The fourth-order valence-electron chi connectivity index (χ4n) is 1.40. The lowest BCUT2D eigenvalue weighted by atomic mass is 10.1. The summed E-state index contributed by atoms with van der Waals surface area (Å²) in [5.74, 6) is 0.813. The molecule has 1 N–H and O–H groups in total. The molecule has 0 amide bonds.